The topological polar surface area (TPSA) is 140 Å². The zero-order valence-corrected chi connectivity index (χ0v) is 18.2. The minimum atomic E-state index is -0.565. The second-order valence-corrected chi connectivity index (χ2v) is 7.61. The number of anilines is 1. The second-order valence-electron chi connectivity index (χ2n) is 7.61. The van der Waals surface area contributed by atoms with E-state index in [2.05, 4.69) is 20.5 Å². The van der Waals surface area contributed by atoms with Gasteiger partial charge >= 0.3 is 5.69 Å². The maximum absolute atomic E-state index is 12.6. The molecule has 0 saturated carbocycles. The van der Waals surface area contributed by atoms with Gasteiger partial charge in [0.1, 0.15) is 0 Å². The molecule has 0 radical (unpaired) electrons. The molecule has 11 heteroatoms. The van der Waals surface area contributed by atoms with E-state index in [1.165, 1.54) is 23.7 Å². The number of fused-ring (bicyclic) bond motifs is 1. The molecule has 0 unspecified atom stereocenters. The van der Waals surface area contributed by atoms with Crippen molar-refractivity contribution in [2.45, 2.75) is 20.4 Å². The van der Waals surface area contributed by atoms with E-state index in [4.69, 9.17) is 0 Å². The van der Waals surface area contributed by atoms with Crippen LogP contribution in [0.5, 0.6) is 0 Å². The summed E-state index contributed by atoms with van der Waals surface area (Å²) in [6, 6.07) is 13.8. The lowest BCUT2D eigenvalue weighted by Gasteiger charge is -2.09. The van der Waals surface area contributed by atoms with Gasteiger partial charge in [0, 0.05) is 19.2 Å². The van der Waals surface area contributed by atoms with Gasteiger partial charge in [0.05, 0.1) is 17.2 Å². The van der Waals surface area contributed by atoms with Crippen molar-refractivity contribution in [1.82, 2.24) is 19.1 Å². The van der Waals surface area contributed by atoms with Crippen molar-refractivity contribution in [3.05, 3.63) is 96.2 Å². The summed E-state index contributed by atoms with van der Waals surface area (Å²) in [7, 11) is 1.53. The fourth-order valence-corrected chi connectivity index (χ4v) is 3.37. The van der Waals surface area contributed by atoms with Crippen molar-refractivity contribution in [1.29, 1.82) is 0 Å². The lowest BCUT2D eigenvalue weighted by molar-refractivity contribution is -0.384. The Morgan fingerprint density at radius 1 is 1.15 bits per heavy atom. The van der Waals surface area contributed by atoms with E-state index in [1.54, 1.807) is 23.6 Å². The van der Waals surface area contributed by atoms with Crippen LogP contribution in [0, 0.1) is 17.0 Å². The number of hydrogen-bond acceptors (Lipinski definition) is 7. The summed E-state index contributed by atoms with van der Waals surface area (Å²) in [6.45, 7) is 4.05. The minimum absolute atomic E-state index is 0.0143. The average molecular weight is 447 g/mol. The molecule has 0 spiro atoms. The monoisotopic (exact) mass is 447 g/mol. The number of hydrazone groups is 1. The number of nitrogens with one attached hydrogen (secondary N) is 2. The maximum atomic E-state index is 12.6. The largest absolute Gasteiger partial charge is 0.329 e. The first-order chi connectivity index (χ1) is 15.7. The highest BCUT2D eigenvalue weighted by Gasteiger charge is 2.17. The molecule has 2 heterocycles. The fourth-order valence-electron chi connectivity index (χ4n) is 3.37. The molecule has 0 aliphatic rings. The molecule has 0 aliphatic carbocycles. The van der Waals surface area contributed by atoms with E-state index in [9.17, 15) is 19.7 Å². The van der Waals surface area contributed by atoms with E-state index in [0.717, 1.165) is 11.1 Å². The van der Waals surface area contributed by atoms with E-state index >= 15 is 0 Å². The molecular formula is C22H21N7O4. The van der Waals surface area contributed by atoms with Crippen molar-refractivity contribution >= 4 is 28.5 Å². The van der Waals surface area contributed by atoms with Gasteiger partial charge in [-0.15, -0.1) is 0 Å². The number of imidazole rings is 1. The van der Waals surface area contributed by atoms with Gasteiger partial charge < -0.3 is 0 Å². The Labute approximate surface area is 187 Å². The zero-order valence-electron chi connectivity index (χ0n) is 18.2. The molecule has 0 bridgehead atoms. The average Bonchev–Trinajstić information content (AvgIpc) is 3.16. The number of nitro benzene ring substituents is 1. The Bertz CT molecular complexity index is 1490. The summed E-state index contributed by atoms with van der Waals surface area (Å²) in [4.78, 5) is 41.8. The predicted molar refractivity (Wildman–Crippen MR) is 125 cm³/mol. The van der Waals surface area contributed by atoms with Crippen LogP contribution < -0.4 is 16.7 Å². The molecule has 4 aromatic rings. The molecule has 0 atom stereocenters. The molecule has 168 valence electrons. The number of benzene rings is 2. The minimum Gasteiger partial charge on any atom is -0.298 e. The molecule has 0 amide bonds. The smallest absolute Gasteiger partial charge is 0.298 e. The maximum Gasteiger partial charge on any atom is 0.329 e. The SMILES string of the molecule is CC(=NNc1nc2c(c(=O)[nH]c(=O)n2C)n1Cc1ccc(C)cc1)c1ccc([N+](=O)[O-])cc1. The number of aromatic nitrogens is 4. The Morgan fingerprint density at radius 3 is 2.45 bits per heavy atom. The molecule has 4 rings (SSSR count). The highest BCUT2D eigenvalue weighted by Crippen LogP contribution is 2.19. The van der Waals surface area contributed by atoms with Gasteiger partial charge in [0.2, 0.25) is 5.95 Å². The van der Waals surface area contributed by atoms with Crippen LogP contribution in [0.2, 0.25) is 0 Å². The summed E-state index contributed by atoms with van der Waals surface area (Å²) in [6.07, 6.45) is 0. The van der Waals surface area contributed by atoms with Crippen LogP contribution in [0.15, 0.2) is 63.2 Å². The summed E-state index contributed by atoms with van der Waals surface area (Å²) >= 11 is 0. The Morgan fingerprint density at radius 2 is 1.82 bits per heavy atom. The number of H-pyrrole nitrogens is 1. The first kappa shape index (κ1) is 21.7. The molecule has 0 fully saturated rings. The Balaban J connectivity index is 1.76. The Kier molecular flexibility index (Phi) is 5.61. The van der Waals surface area contributed by atoms with Crippen LogP contribution in [0.4, 0.5) is 11.6 Å². The number of hydrogen-bond donors (Lipinski definition) is 2. The molecular weight excluding hydrogens is 426 g/mol. The first-order valence-electron chi connectivity index (χ1n) is 10.0. The first-order valence-corrected chi connectivity index (χ1v) is 10.0. The standard InChI is InChI=1S/C22H21N7O4/c1-13-4-6-15(7-5-13)12-28-18-19(27(3)22(31)24-20(18)30)23-21(28)26-25-14(2)16-8-10-17(11-9-16)29(32)33/h4-11H,12H2,1-3H3,(H,23,26)(H,24,30,31). The predicted octanol–water partition coefficient (Wildman–Crippen LogP) is 2.52. The number of aromatic amines is 1. The quantitative estimate of drug-likeness (QED) is 0.264. The van der Waals surface area contributed by atoms with E-state index in [-0.39, 0.29) is 22.8 Å². The summed E-state index contributed by atoms with van der Waals surface area (Å²) < 4.78 is 2.92. The van der Waals surface area contributed by atoms with Crippen LogP contribution in [0.1, 0.15) is 23.6 Å². The van der Waals surface area contributed by atoms with Crippen LogP contribution in [-0.2, 0) is 13.6 Å². The zero-order chi connectivity index (χ0) is 23.7. The molecule has 2 aromatic heterocycles. The van der Waals surface area contributed by atoms with Crippen LogP contribution in [0.25, 0.3) is 11.2 Å². The van der Waals surface area contributed by atoms with Crippen molar-refractivity contribution in [2.24, 2.45) is 12.1 Å². The second kappa shape index (κ2) is 8.54. The third kappa shape index (κ3) is 4.28. The van der Waals surface area contributed by atoms with E-state index in [0.29, 0.717) is 17.8 Å². The fraction of sp³-hybridized carbons (Fsp3) is 0.182. The highest BCUT2D eigenvalue weighted by molar-refractivity contribution is 5.99. The van der Waals surface area contributed by atoms with Crippen LogP contribution in [0.3, 0.4) is 0 Å². The molecule has 33 heavy (non-hydrogen) atoms. The molecule has 0 saturated heterocycles. The van der Waals surface area contributed by atoms with Crippen molar-refractivity contribution < 1.29 is 4.92 Å². The molecule has 11 nitrogen and oxygen atoms in total. The van der Waals surface area contributed by atoms with Gasteiger partial charge in [0.25, 0.3) is 11.2 Å². The third-order valence-corrected chi connectivity index (χ3v) is 5.29. The van der Waals surface area contributed by atoms with E-state index < -0.39 is 16.2 Å². The Hall–Kier alpha value is -4.54. The molecule has 2 N–H and O–H groups in total. The van der Waals surface area contributed by atoms with Gasteiger partial charge in [0.15, 0.2) is 11.2 Å². The van der Waals surface area contributed by atoms with Gasteiger partial charge in [-0.05, 0) is 37.1 Å². The lowest BCUT2D eigenvalue weighted by Crippen LogP contribution is -2.29. The van der Waals surface area contributed by atoms with Gasteiger partial charge in [-0.2, -0.15) is 10.1 Å². The van der Waals surface area contributed by atoms with Gasteiger partial charge in [-0.1, -0.05) is 29.8 Å². The normalized spacial score (nSPS) is 11.7. The van der Waals surface area contributed by atoms with Crippen molar-refractivity contribution in [3.8, 4) is 0 Å². The van der Waals surface area contributed by atoms with Gasteiger partial charge in [-0.3, -0.25) is 29.0 Å². The molecule has 0 aliphatic heterocycles. The van der Waals surface area contributed by atoms with Gasteiger partial charge in [-0.25, -0.2) is 10.2 Å². The summed E-state index contributed by atoms with van der Waals surface area (Å²) in [5, 5.41) is 15.2. The third-order valence-electron chi connectivity index (χ3n) is 5.29. The number of aryl methyl sites for hydroxylation is 2. The lowest BCUT2D eigenvalue weighted by atomic mass is 10.1. The van der Waals surface area contributed by atoms with Crippen LogP contribution in [-0.4, -0.2) is 29.7 Å². The summed E-state index contributed by atoms with van der Waals surface area (Å²) in [5.41, 5.74) is 5.50. The number of nitrogens with zero attached hydrogens (tertiary/aromatic N) is 5. The highest BCUT2D eigenvalue weighted by atomic mass is 16.6. The van der Waals surface area contributed by atoms with Crippen molar-refractivity contribution in [3.63, 3.8) is 0 Å². The van der Waals surface area contributed by atoms with Crippen molar-refractivity contribution in [2.75, 3.05) is 5.43 Å². The summed E-state index contributed by atoms with van der Waals surface area (Å²) in [5.74, 6) is 0.276. The van der Waals surface area contributed by atoms with E-state index in [1.807, 2.05) is 31.2 Å². The number of nitro groups is 1. The number of non-ortho nitro benzene ring substituents is 1. The number of rotatable bonds is 6. The van der Waals surface area contributed by atoms with Crippen LogP contribution >= 0.6 is 0 Å². The molecule has 2 aromatic carbocycles.